The van der Waals surface area contributed by atoms with E-state index in [2.05, 4.69) is 21.2 Å². The molecule has 0 aliphatic carbocycles. The maximum atomic E-state index is 12.5. The molecule has 4 nitrogen and oxygen atoms in total. The minimum atomic E-state index is -3.44. The van der Waals surface area contributed by atoms with Crippen molar-refractivity contribution in [3.63, 3.8) is 0 Å². The van der Waals surface area contributed by atoms with Crippen LogP contribution >= 0.6 is 27.3 Å². The predicted octanol–water partition coefficient (Wildman–Crippen LogP) is 3.05. The molecule has 0 bridgehead atoms. The molecule has 0 radical (unpaired) electrons. The number of halogens is 1. The molecule has 0 aliphatic heterocycles. The first-order valence-electron chi connectivity index (χ1n) is 6.37. The van der Waals surface area contributed by atoms with E-state index >= 15 is 0 Å². The van der Waals surface area contributed by atoms with E-state index in [4.69, 9.17) is 0 Å². The van der Waals surface area contributed by atoms with Crippen LogP contribution in [0.1, 0.15) is 10.4 Å². The number of sulfonamides is 1. The lowest BCUT2D eigenvalue weighted by Gasteiger charge is -2.16. The molecule has 2 rings (SSSR count). The van der Waals surface area contributed by atoms with Gasteiger partial charge in [-0.25, -0.2) is 8.42 Å². The van der Waals surface area contributed by atoms with Crippen molar-refractivity contribution in [3.8, 4) is 0 Å². The molecule has 114 valence electrons. The van der Waals surface area contributed by atoms with Crippen LogP contribution in [0.15, 0.2) is 45.1 Å². The van der Waals surface area contributed by atoms with E-state index in [1.807, 2.05) is 37.4 Å². The number of hydrogen-bond donors (Lipinski definition) is 1. The minimum Gasteiger partial charge on any atom is -0.315 e. The van der Waals surface area contributed by atoms with Gasteiger partial charge in [0.1, 0.15) is 4.21 Å². The van der Waals surface area contributed by atoms with Crippen molar-refractivity contribution in [2.75, 3.05) is 14.1 Å². The summed E-state index contributed by atoms with van der Waals surface area (Å²) >= 11 is 4.70. The van der Waals surface area contributed by atoms with E-state index in [9.17, 15) is 8.42 Å². The molecular formula is C14H17BrN2O2S2. The van der Waals surface area contributed by atoms with Gasteiger partial charge in [0.25, 0.3) is 10.0 Å². The van der Waals surface area contributed by atoms with Gasteiger partial charge in [-0.1, -0.05) is 28.1 Å². The molecule has 0 fully saturated rings. The SMILES string of the molecule is CNCc1ccc(S(=O)(=O)N(C)Cc2cccc(Br)c2)s1. The van der Waals surface area contributed by atoms with Gasteiger partial charge in [-0.2, -0.15) is 4.31 Å². The molecule has 0 aliphatic rings. The molecule has 0 spiro atoms. The summed E-state index contributed by atoms with van der Waals surface area (Å²) in [6.45, 7) is 1.02. The molecule has 1 N–H and O–H groups in total. The van der Waals surface area contributed by atoms with Crippen molar-refractivity contribution in [2.45, 2.75) is 17.3 Å². The number of rotatable bonds is 6. The fourth-order valence-corrected chi connectivity index (χ4v) is 5.08. The van der Waals surface area contributed by atoms with Crippen LogP contribution in [-0.2, 0) is 23.1 Å². The number of benzene rings is 1. The van der Waals surface area contributed by atoms with Gasteiger partial charge in [-0.15, -0.1) is 11.3 Å². The van der Waals surface area contributed by atoms with Crippen molar-refractivity contribution in [2.24, 2.45) is 0 Å². The van der Waals surface area contributed by atoms with Crippen molar-refractivity contribution in [3.05, 3.63) is 51.3 Å². The summed E-state index contributed by atoms with van der Waals surface area (Å²) in [5, 5.41) is 3.02. The maximum Gasteiger partial charge on any atom is 0.252 e. The topological polar surface area (TPSA) is 49.4 Å². The Morgan fingerprint density at radius 2 is 2.05 bits per heavy atom. The smallest absolute Gasteiger partial charge is 0.252 e. The standard InChI is InChI=1S/C14H17BrN2O2S2/c1-16-9-13-6-7-14(20-13)21(18,19)17(2)10-11-4-3-5-12(15)8-11/h3-8,16H,9-10H2,1-2H3. The summed E-state index contributed by atoms with van der Waals surface area (Å²) in [6.07, 6.45) is 0. The zero-order chi connectivity index (χ0) is 15.5. The normalized spacial score (nSPS) is 12.0. The highest BCUT2D eigenvalue weighted by Gasteiger charge is 2.22. The average molecular weight is 389 g/mol. The molecule has 0 atom stereocenters. The summed E-state index contributed by atoms with van der Waals surface area (Å²) in [5.74, 6) is 0. The molecule has 1 aromatic carbocycles. The lowest BCUT2D eigenvalue weighted by atomic mass is 10.2. The quantitative estimate of drug-likeness (QED) is 0.826. The van der Waals surface area contributed by atoms with Crippen LogP contribution in [0, 0.1) is 0 Å². The largest absolute Gasteiger partial charge is 0.315 e. The van der Waals surface area contributed by atoms with Crippen molar-refractivity contribution in [1.82, 2.24) is 9.62 Å². The van der Waals surface area contributed by atoms with Crippen LogP contribution in [-0.4, -0.2) is 26.8 Å². The van der Waals surface area contributed by atoms with Crippen molar-refractivity contribution < 1.29 is 8.42 Å². The highest BCUT2D eigenvalue weighted by atomic mass is 79.9. The first-order chi connectivity index (χ1) is 9.93. The van der Waals surface area contributed by atoms with Crippen LogP contribution < -0.4 is 5.32 Å². The van der Waals surface area contributed by atoms with E-state index in [1.165, 1.54) is 15.6 Å². The Labute approximate surface area is 138 Å². The number of thiophene rings is 1. The zero-order valence-corrected chi connectivity index (χ0v) is 15.1. The number of nitrogens with one attached hydrogen (secondary N) is 1. The zero-order valence-electron chi connectivity index (χ0n) is 11.8. The molecule has 0 saturated carbocycles. The Hall–Kier alpha value is -0.730. The van der Waals surface area contributed by atoms with Gasteiger partial charge in [-0.3, -0.25) is 0 Å². The molecule has 21 heavy (non-hydrogen) atoms. The third-order valence-corrected chi connectivity index (χ3v) is 6.80. The van der Waals surface area contributed by atoms with Crippen LogP contribution in [0.4, 0.5) is 0 Å². The summed E-state index contributed by atoms with van der Waals surface area (Å²) in [6, 6.07) is 11.2. The highest BCUT2D eigenvalue weighted by Crippen LogP contribution is 2.25. The van der Waals surface area contributed by atoms with Gasteiger partial charge in [-0.05, 0) is 36.9 Å². The van der Waals surface area contributed by atoms with E-state index in [0.717, 1.165) is 14.9 Å². The molecule has 1 aromatic heterocycles. The first-order valence-corrected chi connectivity index (χ1v) is 9.42. The maximum absolute atomic E-state index is 12.5. The van der Waals surface area contributed by atoms with E-state index in [0.29, 0.717) is 17.3 Å². The molecule has 0 saturated heterocycles. The van der Waals surface area contributed by atoms with E-state index < -0.39 is 10.0 Å². The molecule has 1 heterocycles. The Morgan fingerprint density at radius 3 is 2.71 bits per heavy atom. The summed E-state index contributed by atoms with van der Waals surface area (Å²) in [4.78, 5) is 1.01. The monoisotopic (exact) mass is 388 g/mol. The summed E-state index contributed by atoms with van der Waals surface area (Å²) < 4.78 is 27.8. The van der Waals surface area contributed by atoms with Crippen LogP contribution in [0.3, 0.4) is 0 Å². The molecule has 2 aromatic rings. The Morgan fingerprint density at radius 1 is 1.29 bits per heavy atom. The third-order valence-electron chi connectivity index (χ3n) is 2.95. The molecule has 7 heteroatoms. The van der Waals surface area contributed by atoms with Gasteiger partial charge < -0.3 is 5.32 Å². The van der Waals surface area contributed by atoms with Gasteiger partial charge in [0.2, 0.25) is 0 Å². The van der Waals surface area contributed by atoms with E-state index in [1.54, 1.807) is 13.1 Å². The third kappa shape index (κ3) is 4.14. The van der Waals surface area contributed by atoms with Gasteiger partial charge in [0.05, 0.1) is 0 Å². The van der Waals surface area contributed by atoms with Crippen molar-refractivity contribution in [1.29, 1.82) is 0 Å². The summed E-state index contributed by atoms with van der Waals surface area (Å²) in [7, 11) is 0.00668. The number of hydrogen-bond acceptors (Lipinski definition) is 4. The highest BCUT2D eigenvalue weighted by molar-refractivity contribution is 9.10. The van der Waals surface area contributed by atoms with Crippen LogP contribution in [0.2, 0.25) is 0 Å². The second-order valence-electron chi connectivity index (χ2n) is 4.64. The Balaban J connectivity index is 2.17. The molecular weight excluding hydrogens is 372 g/mol. The fourth-order valence-electron chi connectivity index (χ4n) is 1.90. The predicted molar refractivity (Wildman–Crippen MR) is 89.9 cm³/mol. The molecule has 0 unspecified atom stereocenters. The molecule has 0 amide bonds. The van der Waals surface area contributed by atoms with Gasteiger partial charge in [0, 0.05) is 29.5 Å². The lowest BCUT2D eigenvalue weighted by Crippen LogP contribution is -2.25. The van der Waals surface area contributed by atoms with Crippen molar-refractivity contribution >= 4 is 37.3 Å². The van der Waals surface area contributed by atoms with Crippen LogP contribution in [0.25, 0.3) is 0 Å². The van der Waals surface area contributed by atoms with Gasteiger partial charge in [0.15, 0.2) is 0 Å². The second kappa shape index (κ2) is 7.02. The Bertz CT molecular complexity index is 713. The second-order valence-corrected chi connectivity index (χ2v) is 9.00. The first kappa shape index (κ1) is 16.6. The minimum absolute atomic E-state index is 0.348. The van der Waals surface area contributed by atoms with E-state index in [-0.39, 0.29) is 0 Å². The summed E-state index contributed by atoms with van der Waals surface area (Å²) in [5.41, 5.74) is 0.947. The van der Waals surface area contributed by atoms with Gasteiger partial charge >= 0.3 is 0 Å². The lowest BCUT2D eigenvalue weighted by molar-refractivity contribution is 0.468. The Kier molecular flexibility index (Phi) is 5.56. The average Bonchev–Trinajstić information content (AvgIpc) is 2.88. The number of nitrogens with zero attached hydrogens (tertiary/aromatic N) is 1. The fraction of sp³-hybridized carbons (Fsp3) is 0.286. The van der Waals surface area contributed by atoms with Crippen LogP contribution in [0.5, 0.6) is 0 Å².